The highest BCUT2D eigenvalue weighted by Gasteiger charge is 2.42. The lowest BCUT2D eigenvalue weighted by Gasteiger charge is -2.32. The molecule has 2 aliphatic rings. The van der Waals surface area contributed by atoms with Crippen molar-refractivity contribution in [3.63, 3.8) is 0 Å². The van der Waals surface area contributed by atoms with Gasteiger partial charge in [-0.15, -0.1) is 11.3 Å². The first kappa shape index (κ1) is 12.1. The van der Waals surface area contributed by atoms with Crippen LogP contribution in [0.3, 0.4) is 0 Å². The third-order valence-electron chi connectivity index (χ3n) is 3.95. The molecule has 0 spiro atoms. The zero-order chi connectivity index (χ0) is 12.9. The summed E-state index contributed by atoms with van der Waals surface area (Å²) in [5.41, 5.74) is 6.63. The number of thiazole rings is 1. The van der Waals surface area contributed by atoms with E-state index in [9.17, 15) is 4.79 Å². The Hall–Kier alpha value is -0.940. The Morgan fingerprint density at radius 3 is 3.00 bits per heavy atom. The zero-order valence-corrected chi connectivity index (χ0v) is 11.7. The van der Waals surface area contributed by atoms with Gasteiger partial charge >= 0.3 is 0 Å². The smallest absolute Gasteiger partial charge is 0.231 e. The minimum Gasteiger partial charge on any atom is -0.369 e. The summed E-state index contributed by atoms with van der Waals surface area (Å²) in [5, 5.41) is 1.23. The Kier molecular flexibility index (Phi) is 2.90. The van der Waals surface area contributed by atoms with Gasteiger partial charge in [0, 0.05) is 29.3 Å². The molecular weight excluding hydrogens is 246 g/mol. The molecule has 2 unspecified atom stereocenters. The summed E-state index contributed by atoms with van der Waals surface area (Å²) in [7, 11) is 0. The summed E-state index contributed by atoms with van der Waals surface area (Å²) < 4.78 is 0. The highest BCUT2D eigenvalue weighted by molar-refractivity contribution is 7.12. The quantitative estimate of drug-likeness (QED) is 0.906. The Morgan fingerprint density at radius 1 is 1.56 bits per heavy atom. The van der Waals surface area contributed by atoms with Crippen molar-refractivity contribution in [2.75, 3.05) is 6.54 Å². The highest BCUT2D eigenvalue weighted by Crippen LogP contribution is 2.46. The zero-order valence-electron chi connectivity index (χ0n) is 10.8. The predicted molar refractivity (Wildman–Crippen MR) is 71.6 cm³/mol. The molecule has 2 N–H and O–H groups in total. The first-order valence-electron chi connectivity index (χ1n) is 6.59. The molecule has 2 aliphatic heterocycles. The van der Waals surface area contributed by atoms with Crippen molar-refractivity contribution in [1.82, 2.24) is 9.88 Å². The highest BCUT2D eigenvalue weighted by atomic mass is 32.1. The minimum absolute atomic E-state index is 0.219. The van der Waals surface area contributed by atoms with Gasteiger partial charge in [-0.3, -0.25) is 9.69 Å². The Morgan fingerprint density at radius 2 is 2.33 bits per heavy atom. The molecule has 18 heavy (non-hydrogen) atoms. The lowest BCUT2D eigenvalue weighted by molar-refractivity contribution is -0.120. The van der Waals surface area contributed by atoms with Crippen molar-refractivity contribution in [3.8, 4) is 0 Å². The SMILES string of the molecule is CC(C)c1nc2c(s1)C1CCC(C2)N1CC(N)=O. The maximum Gasteiger partial charge on any atom is 0.231 e. The molecule has 5 heteroatoms. The van der Waals surface area contributed by atoms with Crippen LogP contribution in [-0.2, 0) is 11.2 Å². The molecule has 3 heterocycles. The number of rotatable bonds is 3. The van der Waals surface area contributed by atoms with Crippen LogP contribution in [0.4, 0.5) is 0 Å². The maximum atomic E-state index is 11.2. The third-order valence-corrected chi connectivity index (χ3v) is 5.45. The number of aromatic nitrogens is 1. The number of fused-ring (bicyclic) bond motifs is 4. The lowest BCUT2D eigenvalue weighted by Crippen LogP contribution is -2.42. The van der Waals surface area contributed by atoms with Crippen molar-refractivity contribution in [1.29, 1.82) is 0 Å². The van der Waals surface area contributed by atoms with Gasteiger partial charge in [0.05, 0.1) is 17.2 Å². The Balaban J connectivity index is 1.92. The lowest BCUT2D eigenvalue weighted by atomic mass is 10.1. The van der Waals surface area contributed by atoms with Gasteiger partial charge in [-0.25, -0.2) is 4.98 Å². The fourth-order valence-corrected chi connectivity index (χ4v) is 4.37. The van der Waals surface area contributed by atoms with Crippen LogP contribution >= 0.6 is 11.3 Å². The number of hydrogen-bond donors (Lipinski definition) is 1. The van der Waals surface area contributed by atoms with E-state index in [1.54, 1.807) is 0 Å². The second-order valence-electron chi connectivity index (χ2n) is 5.61. The Bertz CT molecular complexity index is 483. The van der Waals surface area contributed by atoms with E-state index in [2.05, 4.69) is 18.7 Å². The average molecular weight is 265 g/mol. The number of carbonyl (C=O) groups excluding carboxylic acids is 1. The van der Waals surface area contributed by atoms with Gasteiger partial charge < -0.3 is 5.73 Å². The molecule has 0 aromatic carbocycles. The van der Waals surface area contributed by atoms with Gasteiger partial charge in [-0.05, 0) is 12.8 Å². The van der Waals surface area contributed by atoms with E-state index in [0.29, 0.717) is 24.5 Å². The van der Waals surface area contributed by atoms with Crippen LogP contribution in [-0.4, -0.2) is 28.4 Å². The van der Waals surface area contributed by atoms with Crippen LogP contribution in [0.25, 0.3) is 0 Å². The van der Waals surface area contributed by atoms with Crippen LogP contribution < -0.4 is 5.73 Å². The molecule has 1 fully saturated rings. The molecule has 1 amide bonds. The summed E-state index contributed by atoms with van der Waals surface area (Å²) in [6.45, 7) is 4.76. The molecule has 1 saturated heterocycles. The molecule has 3 rings (SSSR count). The summed E-state index contributed by atoms with van der Waals surface area (Å²) in [6.07, 6.45) is 3.30. The van der Waals surface area contributed by atoms with Crippen molar-refractivity contribution < 1.29 is 4.79 Å². The summed E-state index contributed by atoms with van der Waals surface area (Å²) in [4.78, 5) is 19.6. The van der Waals surface area contributed by atoms with Crippen LogP contribution in [0.1, 0.15) is 54.2 Å². The van der Waals surface area contributed by atoms with Crippen LogP contribution in [0, 0.1) is 0 Å². The van der Waals surface area contributed by atoms with Gasteiger partial charge in [-0.2, -0.15) is 0 Å². The topological polar surface area (TPSA) is 59.2 Å². The third kappa shape index (κ3) is 1.86. The maximum absolute atomic E-state index is 11.2. The van der Waals surface area contributed by atoms with Gasteiger partial charge in [0.15, 0.2) is 0 Å². The second kappa shape index (κ2) is 4.31. The van der Waals surface area contributed by atoms with Crippen LogP contribution in [0.5, 0.6) is 0 Å². The normalized spacial score (nSPS) is 26.6. The molecule has 0 aliphatic carbocycles. The van der Waals surface area contributed by atoms with Crippen molar-refractivity contribution in [3.05, 3.63) is 15.6 Å². The fourth-order valence-electron chi connectivity index (χ4n) is 3.12. The van der Waals surface area contributed by atoms with Gasteiger partial charge in [0.25, 0.3) is 0 Å². The molecule has 2 atom stereocenters. The fraction of sp³-hybridized carbons (Fsp3) is 0.692. The first-order valence-corrected chi connectivity index (χ1v) is 7.41. The van der Waals surface area contributed by atoms with Gasteiger partial charge in [-0.1, -0.05) is 13.8 Å². The molecule has 0 radical (unpaired) electrons. The second-order valence-corrected chi connectivity index (χ2v) is 6.67. The summed E-state index contributed by atoms with van der Waals surface area (Å²) in [6, 6.07) is 0.855. The number of hydrogen-bond acceptors (Lipinski definition) is 4. The number of carbonyl (C=O) groups is 1. The van der Waals surface area contributed by atoms with E-state index in [1.165, 1.54) is 15.6 Å². The minimum atomic E-state index is -0.219. The van der Waals surface area contributed by atoms with Gasteiger partial charge in [0.1, 0.15) is 0 Å². The summed E-state index contributed by atoms with van der Waals surface area (Å²) >= 11 is 1.83. The van der Waals surface area contributed by atoms with E-state index in [4.69, 9.17) is 10.7 Å². The van der Waals surface area contributed by atoms with Crippen molar-refractivity contribution in [2.45, 2.75) is 51.1 Å². The number of primary amides is 1. The van der Waals surface area contributed by atoms with Crippen molar-refractivity contribution in [2.24, 2.45) is 5.73 Å². The molecule has 1 aromatic heterocycles. The van der Waals surface area contributed by atoms with Crippen LogP contribution in [0.2, 0.25) is 0 Å². The molecule has 98 valence electrons. The van der Waals surface area contributed by atoms with E-state index >= 15 is 0 Å². The Labute approximate surface area is 111 Å². The number of nitrogens with two attached hydrogens (primary N) is 1. The van der Waals surface area contributed by atoms with Crippen LogP contribution in [0.15, 0.2) is 0 Å². The molecule has 4 nitrogen and oxygen atoms in total. The van der Waals surface area contributed by atoms with Gasteiger partial charge in [0.2, 0.25) is 5.91 Å². The molecular formula is C13H19N3OS. The largest absolute Gasteiger partial charge is 0.369 e. The van der Waals surface area contributed by atoms with Crippen molar-refractivity contribution >= 4 is 17.2 Å². The van der Waals surface area contributed by atoms with E-state index in [0.717, 1.165) is 19.3 Å². The van der Waals surface area contributed by atoms with E-state index in [1.807, 2.05) is 11.3 Å². The monoisotopic (exact) mass is 265 g/mol. The number of nitrogens with zero attached hydrogens (tertiary/aromatic N) is 2. The molecule has 1 aromatic rings. The van der Waals surface area contributed by atoms with E-state index in [-0.39, 0.29) is 5.91 Å². The standard InChI is InChI=1S/C13H19N3OS/c1-7(2)13-15-9-5-8-3-4-10(12(9)18-13)16(8)6-11(14)17/h7-8,10H,3-6H2,1-2H3,(H2,14,17). The number of amides is 1. The molecule has 0 saturated carbocycles. The average Bonchev–Trinajstić information content (AvgIpc) is 2.81. The first-order chi connectivity index (χ1) is 8.56. The summed E-state index contributed by atoms with van der Waals surface area (Å²) in [5.74, 6) is 0.271. The molecule has 2 bridgehead atoms. The van der Waals surface area contributed by atoms with E-state index < -0.39 is 0 Å². The predicted octanol–water partition coefficient (Wildman–Crippen LogP) is 1.81.